The smallest absolute Gasteiger partial charge is 0.307 e. The molecule has 0 amide bonds. The summed E-state index contributed by atoms with van der Waals surface area (Å²) in [7, 11) is 1.27. The molecule has 1 atom stereocenters. The summed E-state index contributed by atoms with van der Waals surface area (Å²) in [5.74, 6) is -2.02. The maximum atomic E-state index is 11.1. The lowest BCUT2D eigenvalue weighted by Crippen LogP contribution is -2.18. The third kappa shape index (κ3) is 6.04. The highest BCUT2D eigenvalue weighted by Crippen LogP contribution is 2.15. The molecule has 0 fully saturated rings. The fraction of sp³-hybridized carbons (Fsp3) is 0.467. The van der Waals surface area contributed by atoms with Gasteiger partial charge in [-0.15, -0.1) is 0 Å². The fourth-order valence-corrected chi connectivity index (χ4v) is 1.96. The van der Waals surface area contributed by atoms with E-state index in [4.69, 9.17) is 5.11 Å². The maximum absolute atomic E-state index is 11.1. The van der Waals surface area contributed by atoms with Crippen LogP contribution in [0.1, 0.15) is 31.2 Å². The molecule has 4 nitrogen and oxygen atoms in total. The monoisotopic (exact) mass is 264 g/mol. The van der Waals surface area contributed by atoms with Crippen LogP contribution >= 0.6 is 0 Å². The number of carboxylic acid groups (broad SMARTS) is 1. The molecule has 0 aliphatic carbocycles. The Labute approximate surface area is 113 Å². The minimum atomic E-state index is -0.926. The van der Waals surface area contributed by atoms with Crippen molar-refractivity contribution in [1.29, 1.82) is 0 Å². The van der Waals surface area contributed by atoms with E-state index >= 15 is 0 Å². The summed E-state index contributed by atoms with van der Waals surface area (Å²) >= 11 is 0. The molecule has 19 heavy (non-hydrogen) atoms. The molecule has 0 aromatic heterocycles. The van der Waals surface area contributed by atoms with Gasteiger partial charge < -0.3 is 9.84 Å². The number of carboxylic acids is 1. The van der Waals surface area contributed by atoms with Crippen molar-refractivity contribution in [3.05, 3.63) is 35.9 Å². The highest BCUT2D eigenvalue weighted by Gasteiger charge is 2.20. The quantitative estimate of drug-likeness (QED) is 0.579. The minimum absolute atomic E-state index is 0.0445. The summed E-state index contributed by atoms with van der Waals surface area (Å²) in [4.78, 5) is 22.1. The van der Waals surface area contributed by atoms with Crippen LogP contribution in [0.5, 0.6) is 0 Å². The topological polar surface area (TPSA) is 63.6 Å². The van der Waals surface area contributed by atoms with Crippen molar-refractivity contribution < 1.29 is 19.4 Å². The molecular formula is C15H20O4. The average Bonchev–Trinajstić information content (AvgIpc) is 2.42. The van der Waals surface area contributed by atoms with Crippen LogP contribution in [0.15, 0.2) is 30.3 Å². The summed E-state index contributed by atoms with van der Waals surface area (Å²) in [5.41, 5.74) is 1.25. The van der Waals surface area contributed by atoms with E-state index in [9.17, 15) is 9.59 Å². The van der Waals surface area contributed by atoms with Gasteiger partial charge >= 0.3 is 11.9 Å². The average molecular weight is 264 g/mol. The Hall–Kier alpha value is -1.84. The molecule has 4 heteroatoms. The molecule has 1 rings (SSSR count). The lowest BCUT2D eigenvalue weighted by molar-refractivity contribution is -0.150. The van der Waals surface area contributed by atoms with E-state index in [0.29, 0.717) is 6.42 Å². The normalized spacial score (nSPS) is 11.8. The highest BCUT2D eigenvalue weighted by molar-refractivity contribution is 5.78. The van der Waals surface area contributed by atoms with Crippen molar-refractivity contribution in [3.8, 4) is 0 Å². The Morgan fingerprint density at radius 1 is 1.21 bits per heavy atom. The van der Waals surface area contributed by atoms with Gasteiger partial charge in [-0.25, -0.2) is 0 Å². The number of unbranched alkanes of at least 4 members (excludes halogenated alkanes) is 1. The summed E-state index contributed by atoms with van der Waals surface area (Å²) in [6, 6.07) is 10.1. The largest absolute Gasteiger partial charge is 0.481 e. The number of hydrogen-bond acceptors (Lipinski definition) is 3. The highest BCUT2D eigenvalue weighted by atomic mass is 16.5. The van der Waals surface area contributed by atoms with Crippen LogP contribution in [-0.2, 0) is 20.7 Å². The molecule has 1 aromatic carbocycles. The number of ether oxygens (including phenoxy) is 1. The number of aryl methyl sites for hydroxylation is 1. The summed E-state index contributed by atoms with van der Waals surface area (Å²) in [6.07, 6.45) is 3.12. The van der Waals surface area contributed by atoms with E-state index in [0.717, 1.165) is 19.3 Å². The zero-order valence-corrected chi connectivity index (χ0v) is 11.2. The number of esters is 1. The predicted octanol–water partition coefficient (Wildman–Crippen LogP) is 2.66. The molecule has 0 spiro atoms. The van der Waals surface area contributed by atoms with Gasteiger partial charge in [0.1, 0.15) is 0 Å². The molecule has 0 saturated carbocycles. The van der Waals surface area contributed by atoms with Gasteiger partial charge in [-0.05, 0) is 24.8 Å². The molecule has 0 heterocycles. The maximum Gasteiger partial charge on any atom is 0.307 e. The lowest BCUT2D eigenvalue weighted by Gasteiger charge is -2.10. The minimum Gasteiger partial charge on any atom is -0.481 e. The number of rotatable bonds is 8. The zero-order chi connectivity index (χ0) is 14.1. The van der Waals surface area contributed by atoms with Crippen LogP contribution in [0, 0.1) is 5.92 Å². The first-order valence-corrected chi connectivity index (χ1v) is 6.47. The second-order valence-corrected chi connectivity index (χ2v) is 4.55. The van der Waals surface area contributed by atoms with E-state index in [1.165, 1.54) is 12.7 Å². The van der Waals surface area contributed by atoms with E-state index in [1.807, 2.05) is 18.2 Å². The van der Waals surface area contributed by atoms with E-state index < -0.39 is 17.9 Å². The van der Waals surface area contributed by atoms with Gasteiger partial charge in [0.2, 0.25) is 0 Å². The number of carbonyl (C=O) groups excluding carboxylic acids is 1. The molecule has 1 N–H and O–H groups in total. The first kappa shape index (κ1) is 15.2. The van der Waals surface area contributed by atoms with Gasteiger partial charge in [0.25, 0.3) is 0 Å². The Kier molecular flexibility index (Phi) is 6.64. The molecule has 0 radical (unpaired) electrons. The number of methoxy groups -OCH3 is 1. The van der Waals surface area contributed by atoms with Crippen molar-refractivity contribution in [3.63, 3.8) is 0 Å². The molecule has 104 valence electrons. The third-order valence-corrected chi connectivity index (χ3v) is 3.10. The molecular weight excluding hydrogens is 244 g/mol. The van der Waals surface area contributed by atoms with Crippen molar-refractivity contribution in [2.45, 2.75) is 32.1 Å². The van der Waals surface area contributed by atoms with Gasteiger partial charge in [0, 0.05) is 0 Å². The Morgan fingerprint density at radius 3 is 2.47 bits per heavy atom. The molecule has 0 aliphatic rings. The Bertz CT molecular complexity index is 400. The van der Waals surface area contributed by atoms with Crippen LogP contribution in [-0.4, -0.2) is 24.2 Å². The van der Waals surface area contributed by atoms with Gasteiger partial charge in [-0.1, -0.05) is 36.8 Å². The Balaban J connectivity index is 2.29. The van der Waals surface area contributed by atoms with E-state index in [1.54, 1.807) is 0 Å². The number of hydrogen-bond donors (Lipinski definition) is 1. The second-order valence-electron chi connectivity index (χ2n) is 4.55. The van der Waals surface area contributed by atoms with Crippen LogP contribution < -0.4 is 0 Å². The third-order valence-electron chi connectivity index (χ3n) is 3.10. The second kappa shape index (κ2) is 8.29. The molecule has 0 bridgehead atoms. The zero-order valence-electron chi connectivity index (χ0n) is 11.2. The van der Waals surface area contributed by atoms with Crippen LogP contribution in [0.2, 0.25) is 0 Å². The number of carbonyl (C=O) groups is 2. The Morgan fingerprint density at radius 2 is 1.89 bits per heavy atom. The first-order valence-electron chi connectivity index (χ1n) is 6.47. The summed E-state index contributed by atoms with van der Waals surface area (Å²) in [5, 5.41) is 9.03. The van der Waals surface area contributed by atoms with Crippen molar-refractivity contribution in [2.24, 2.45) is 5.92 Å². The molecule has 0 aliphatic heterocycles. The summed E-state index contributed by atoms with van der Waals surface area (Å²) < 4.78 is 4.50. The summed E-state index contributed by atoms with van der Waals surface area (Å²) in [6.45, 7) is 0. The molecule has 0 saturated heterocycles. The van der Waals surface area contributed by atoms with E-state index in [2.05, 4.69) is 16.9 Å². The van der Waals surface area contributed by atoms with Crippen molar-refractivity contribution in [2.75, 3.05) is 7.11 Å². The van der Waals surface area contributed by atoms with Crippen molar-refractivity contribution >= 4 is 11.9 Å². The van der Waals surface area contributed by atoms with Gasteiger partial charge in [-0.3, -0.25) is 9.59 Å². The first-order chi connectivity index (χ1) is 9.13. The number of aliphatic carboxylic acids is 1. The standard InChI is InChI=1S/C15H20O4/c1-19-14(16)11-13(15(17)18)10-6-5-9-12-7-3-2-4-8-12/h2-4,7-8,13H,5-6,9-11H2,1H3,(H,17,18)/t13-/m1/s1. The van der Waals surface area contributed by atoms with Crippen molar-refractivity contribution in [1.82, 2.24) is 0 Å². The predicted molar refractivity (Wildman–Crippen MR) is 71.8 cm³/mol. The van der Waals surface area contributed by atoms with Crippen LogP contribution in [0.3, 0.4) is 0 Å². The van der Waals surface area contributed by atoms with Crippen LogP contribution in [0.4, 0.5) is 0 Å². The molecule has 1 aromatic rings. The van der Waals surface area contributed by atoms with Gasteiger partial charge in [0.15, 0.2) is 0 Å². The SMILES string of the molecule is COC(=O)C[C@@H](CCCCc1ccccc1)C(=O)O. The fourth-order valence-electron chi connectivity index (χ4n) is 1.96. The van der Waals surface area contributed by atoms with Gasteiger partial charge in [-0.2, -0.15) is 0 Å². The van der Waals surface area contributed by atoms with Gasteiger partial charge in [0.05, 0.1) is 19.4 Å². The lowest BCUT2D eigenvalue weighted by atomic mass is 9.97. The van der Waals surface area contributed by atoms with Crippen LogP contribution in [0.25, 0.3) is 0 Å². The van der Waals surface area contributed by atoms with E-state index in [-0.39, 0.29) is 6.42 Å². The molecule has 0 unspecified atom stereocenters. The number of benzene rings is 1.